The van der Waals surface area contributed by atoms with Crippen molar-refractivity contribution in [3.8, 4) is 0 Å². The predicted molar refractivity (Wildman–Crippen MR) is 70.2 cm³/mol. The van der Waals surface area contributed by atoms with Gasteiger partial charge in [0.05, 0.1) is 0 Å². The highest BCUT2D eigenvalue weighted by atomic mass is 14.6. The van der Waals surface area contributed by atoms with Gasteiger partial charge in [0.2, 0.25) is 0 Å². The minimum Gasteiger partial charge on any atom is -0.263 e. The van der Waals surface area contributed by atoms with Crippen LogP contribution in [0, 0.1) is 5.92 Å². The zero-order valence-electron chi connectivity index (χ0n) is 9.85. The average Bonchev–Trinajstić information content (AvgIpc) is 2.29. The highest BCUT2D eigenvalue weighted by Crippen LogP contribution is 2.18. The van der Waals surface area contributed by atoms with Crippen LogP contribution < -0.4 is 0 Å². The molecule has 0 amide bonds. The van der Waals surface area contributed by atoms with Crippen LogP contribution in [0.2, 0.25) is 0 Å². The molecular formula is C15H17N. The Morgan fingerprint density at radius 2 is 2.00 bits per heavy atom. The molecule has 2 aromatic rings. The molecule has 0 saturated carbocycles. The van der Waals surface area contributed by atoms with Crippen molar-refractivity contribution in [1.29, 1.82) is 0 Å². The zero-order valence-corrected chi connectivity index (χ0v) is 9.85. The Kier molecular flexibility index (Phi) is 3.35. The van der Waals surface area contributed by atoms with Gasteiger partial charge in [-0.15, -0.1) is 0 Å². The third kappa shape index (κ3) is 2.48. The Morgan fingerprint density at radius 1 is 1.19 bits per heavy atom. The molecule has 0 fully saturated rings. The molecule has 0 spiro atoms. The smallest absolute Gasteiger partial charge is 0.0346 e. The summed E-state index contributed by atoms with van der Waals surface area (Å²) >= 11 is 0. The van der Waals surface area contributed by atoms with Gasteiger partial charge in [-0.3, -0.25) is 4.98 Å². The maximum Gasteiger partial charge on any atom is 0.0346 e. The maximum absolute atomic E-state index is 4.26. The second-order valence-electron chi connectivity index (χ2n) is 4.48. The van der Waals surface area contributed by atoms with Gasteiger partial charge in [-0.1, -0.05) is 50.3 Å². The summed E-state index contributed by atoms with van der Waals surface area (Å²) < 4.78 is 0. The van der Waals surface area contributed by atoms with Gasteiger partial charge in [-0.2, -0.15) is 0 Å². The summed E-state index contributed by atoms with van der Waals surface area (Å²) in [6, 6.07) is 8.36. The van der Waals surface area contributed by atoms with E-state index in [0.717, 1.165) is 6.42 Å². The molecular weight excluding hydrogens is 194 g/mol. The van der Waals surface area contributed by atoms with E-state index in [4.69, 9.17) is 0 Å². The highest BCUT2D eigenvalue weighted by Gasteiger charge is 1.97. The molecule has 1 nitrogen and oxygen atoms in total. The lowest BCUT2D eigenvalue weighted by atomic mass is 10.1. The first-order chi connectivity index (χ1) is 7.77. The van der Waals surface area contributed by atoms with Crippen LogP contribution in [-0.4, -0.2) is 4.98 Å². The molecule has 1 heterocycles. The fraction of sp³-hybridized carbons (Fsp3) is 0.267. The van der Waals surface area contributed by atoms with Crippen molar-refractivity contribution >= 4 is 16.8 Å². The van der Waals surface area contributed by atoms with Gasteiger partial charge in [-0.05, 0) is 17.7 Å². The van der Waals surface area contributed by atoms with Gasteiger partial charge in [-0.25, -0.2) is 0 Å². The molecule has 16 heavy (non-hydrogen) atoms. The van der Waals surface area contributed by atoms with Crippen LogP contribution in [-0.2, 0) is 0 Å². The predicted octanol–water partition coefficient (Wildman–Crippen LogP) is 4.29. The van der Waals surface area contributed by atoms with Crippen molar-refractivity contribution in [2.75, 3.05) is 0 Å². The van der Waals surface area contributed by atoms with E-state index in [1.807, 2.05) is 18.5 Å². The van der Waals surface area contributed by atoms with Crippen molar-refractivity contribution in [2.24, 2.45) is 5.92 Å². The van der Waals surface area contributed by atoms with Crippen molar-refractivity contribution in [3.63, 3.8) is 0 Å². The van der Waals surface area contributed by atoms with Gasteiger partial charge in [0.25, 0.3) is 0 Å². The first-order valence-electron chi connectivity index (χ1n) is 5.76. The molecule has 0 atom stereocenters. The quantitative estimate of drug-likeness (QED) is 0.737. The Hall–Kier alpha value is -1.63. The first kappa shape index (κ1) is 10.9. The van der Waals surface area contributed by atoms with E-state index in [9.17, 15) is 0 Å². The number of hydrogen-bond acceptors (Lipinski definition) is 1. The molecule has 0 aliphatic rings. The fourth-order valence-electron chi connectivity index (χ4n) is 1.74. The minimum absolute atomic E-state index is 0.708. The maximum atomic E-state index is 4.26. The van der Waals surface area contributed by atoms with Crippen LogP contribution in [0.25, 0.3) is 16.8 Å². The summed E-state index contributed by atoms with van der Waals surface area (Å²) in [6.07, 6.45) is 9.36. The topological polar surface area (TPSA) is 12.9 Å². The molecule has 1 aromatic heterocycles. The average molecular weight is 211 g/mol. The third-order valence-electron chi connectivity index (χ3n) is 2.60. The van der Waals surface area contributed by atoms with E-state index in [2.05, 4.69) is 49.2 Å². The molecule has 0 aliphatic carbocycles. The SMILES string of the molecule is CC(C)C/C=C/c1cncc2ccccc12. The number of hydrogen-bond donors (Lipinski definition) is 0. The van der Waals surface area contributed by atoms with E-state index in [1.165, 1.54) is 16.3 Å². The zero-order chi connectivity index (χ0) is 11.4. The van der Waals surface area contributed by atoms with Crippen LogP contribution in [0.5, 0.6) is 0 Å². The Balaban J connectivity index is 2.34. The van der Waals surface area contributed by atoms with E-state index < -0.39 is 0 Å². The Morgan fingerprint density at radius 3 is 2.81 bits per heavy atom. The van der Waals surface area contributed by atoms with Crippen molar-refractivity contribution in [2.45, 2.75) is 20.3 Å². The molecule has 1 heteroatoms. The van der Waals surface area contributed by atoms with E-state index in [1.54, 1.807) is 0 Å². The molecule has 1 aromatic carbocycles. The molecule has 82 valence electrons. The lowest BCUT2D eigenvalue weighted by molar-refractivity contribution is 0.665. The molecule has 0 radical (unpaired) electrons. The summed E-state index contributed by atoms with van der Waals surface area (Å²) in [5, 5.41) is 2.48. The lowest BCUT2D eigenvalue weighted by Crippen LogP contribution is -1.83. The van der Waals surface area contributed by atoms with Crippen LogP contribution in [0.3, 0.4) is 0 Å². The van der Waals surface area contributed by atoms with Crippen LogP contribution in [0.4, 0.5) is 0 Å². The van der Waals surface area contributed by atoms with Gasteiger partial charge in [0.15, 0.2) is 0 Å². The number of pyridine rings is 1. The van der Waals surface area contributed by atoms with Gasteiger partial charge in [0.1, 0.15) is 0 Å². The first-order valence-corrected chi connectivity index (χ1v) is 5.76. The standard InChI is InChI=1S/C15H17N/c1-12(2)6-5-8-14-11-16-10-13-7-3-4-9-15(13)14/h3-5,7-12H,6H2,1-2H3/b8-5+. The van der Waals surface area contributed by atoms with E-state index in [-0.39, 0.29) is 0 Å². The molecule has 0 N–H and O–H groups in total. The van der Waals surface area contributed by atoms with Crippen LogP contribution in [0.1, 0.15) is 25.8 Å². The van der Waals surface area contributed by atoms with Crippen molar-refractivity contribution < 1.29 is 0 Å². The summed E-state index contributed by atoms with van der Waals surface area (Å²) in [7, 11) is 0. The van der Waals surface area contributed by atoms with Crippen molar-refractivity contribution in [3.05, 3.63) is 48.3 Å². The fourth-order valence-corrected chi connectivity index (χ4v) is 1.74. The monoisotopic (exact) mass is 211 g/mol. The van der Waals surface area contributed by atoms with Gasteiger partial charge < -0.3 is 0 Å². The van der Waals surface area contributed by atoms with Gasteiger partial charge in [0, 0.05) is 23.3 Å². The second kappa shape index (κ2) is 4.93. The summed E-state index contributed by atoms with van der Waals surface area (Å²) in [6.45, 7) is 4.46. The summed E-state index contributed by atoms with van der Waals surface area (Å²) in [4.78, 5) is 4.26. The van der Waals surface area contributed by atoms with Crippen LogP contribution >= 0.6 is 0 Å². The second-order valence-corrected chi connectivity index (χ2v) is 4.48. The van der Waals surface area contributed by atoms with E-state index >= 15 is 0 Å². The normalized spacial score (nSPS) is 11.7. The Labute approximate surface area is 96.8 Å². The number of rotatable bonds is 3. The third-order valence-corrected chi connectivity index (χ3v) is 2.60. The number of aromatic nitrogens is 1. The highest BCUT2D eigenvalue weighted by molar-refractivity contribution is 5.89. The number of fused-ring (bicyclic) bond motifs is 1. The van der Waals surface area contributed by atoms with E-state index in [0.29, 0.717) is 5.92 Å². The largest absolute Gasteiger partial charge is 0.263 e. The number of benzene rings is 1. The molecule has 0 aliphatic heterocycles. The number of allylic oxidation sites excluding steroid dienone is 1. The molecule has 0 saturated heterocycles. The van der Waals surface area contributed by atoms with Crippen molar-refractivity contribution in [1.82, 2.24) is 4.98 Å². The van der Waals surface area contributed by atoms with Crippen LogP contribution in [0.15, 0.2) is 42.7 Å². The number of nitrogens with zero attached hydrogens (tertiary/aromatic N) is 1. The Bertz CT molecular complexity index is 492. The molecule has 2 rings (SSSR count). The minimum atomic E-state index is 0.708. The lowest BCUT2D eigenvalue weighted by Gasteiger charge is -2.01. The van der Waals surface area contributed by atoms with Gasteiger partial charge >= 0.3 is 0 Å². The molecule has 0 unspecified atom stereocenters. The summed E-state index contributed by atoms with van der Waals surface area (Å²) in [5.74, 6) is 0.708. The summed E-state index contributed by atoms with van der Waals surface area (Å²) in [5.41, 5.74) is 1.21. The molecule has 0 bridgehead atoms.